The van der Waals surface area contributed by atoms with E-state index in [0.717, 1.165) is 61.7 Å². The molecule has 0 radical (unpaired) electrons. The number of nitrogens with one attached hydrogen (secondary N) is 2. The molecule has 2 saturated carbocycles. The van der Waals surface area contributed by atoms with Crippen LogP contribution in [0.2, 0.25) is 10.0 Å². The summed E-state index contributed by atoms with van der Waals surface area (Å²) in [6, 6.07) is 10.4. The molecule has 6 heterocycles. The number of nitrogens with zero attached hydrogens (tertiary/aromatic N) is 10. The number of fused-ring (bicyclic) bond motifs is 2. The molecule has 0 atom stereocenters. The Hall–Kier alpha value is -6.15. The Bertz CT molecular complexity index is 4020. The van der Waals surface area contributed by atoms with E-state index in [4.69, 9.17) is 39.1 Å². The van der Waals surface area contributed by atoms with Gasteiger partial charge in [0.05, 0.1) is 74.2 Å². The molecule has 2 aliphatic heterocycles. The Balaban J connectivity index is 0.000000177. The van der Waals surface area contributed by atoms with Crippen LogP contribution in [0.1, 0.15) is 31.2 Å². The van der Waals surface area contributed by atoms with Crippen molar-refractivity contribution in [2.24, 2.45) is 40.0 Å². The molecule has 2 saturated heterocycles. The van der Waals surface area contributed by atoms with Crippen LogP contribution in [0.4, 0.5) is 11.4 Å². The molecule has 4 aromatic heterocycles. The monoisotopic (exact) mass is 1300 g/mol. The van der Waals surface area contributed by atoms with Gasteiger partial charge in [-0.05, 0) is 96.5 Å². The number of aromatic nitrogens is 8. The fraction of sp³-hybridized carbons (Fsp3) is 0.462. The topological polar surface area (TPSA) is 275 Å². The van der Waals surface area contributed by atoms with Crippen molar-refractivity contribution in [2.45, 2.75) is 49.1 Å². The molecule has 0 spiro atoms. The van der Waals surface area contributed by atoms with E-state index in [1.54, 1.807) is 24.3 Å². The number of hydrogen-bond donors (Lipinski definition) is 2. The van der Waals surface area contributed by atoms with Gasteiger partial charge in [-0.3, -0.25) is 47.2 Å². The average Bonchev–Trinajstić information content (AvgIpc) is 4.41. The zero-order valence-electron chi connectivity index (χ0n) is 44.7. The van der Waals surface area contributed by atoms with Gasteiger partial charge in [0.1, 0.15) is 0 Å². The predicted molar refractivity (Wildman–Crippen MR) is 313 cm³/mol. The smallest absolute Gasteiger partial charge is 0.333 e. The Morgan fingerprint density at radius 1 is 0.654 bits per heavy atom. The number of morpholine rings is 2. The van der Waals surface area contributed by atoms with Crippen LogP contribution < -0.4 is 33.1 Å². The molecule has 6 aromatic rings. The summed E-state index contributed by atoms with van der Waals surface area (Å²) < 4.78 is 69.0. The number of hydrogen-bond acceptors (Lipinski definition) is 16. The van der Waals surface area contributed by atoms with Crippen LogP contribution in [0.3, 0.4) is 0 Å². The van der Waals surface area contributed by atoms with Crippen LogP contribution in [-0.4, -0.2) is 153 Å². The first kappa shape index (κ1) is 60.9. The summed E-state index contributed by atoms with van der Waals surface area (Å²) in [4.78, 5) is 87.1. The second kappa shape index (κ2) is 26.0. The fourth-order valence-electron chi connectivity index (χ4n) is 8.90. The molecule has 4 aliphatic rings. The zero-order chi connectivity index (χ0) is 58.5. The number of halogens is 3. The lowest BCUT2D eigenvalue weighted by Crippen LogP contribution is -2.41. The second-order valence-electron chi connectivity index (χ2n) is 19.9. The standard InChI is InChI=1S/C26H29ClN6O6S.C14H16N4O4S.C12H14ClIN2O2/c1-30-22-23(29-25(30)40(37,38)16-17-5-6-17)33(26(36)31(2)24(22)35)9-3-4-18-14-19(7-8-20(18)27)28-21(34)15-32-10-12-39-13-11-32;1-4-7-18-11-10(12(19)17(3)14(18)20)16(2)13(15-11)23(21,22)8-9-5-6-9;13-10-2-1-9(7-11(10)14)15-12(17)8-16-3-5-18-6-4-16/h7-8,14,17H,5-6,9-13,15-16H2,1-2H3,(H,28,34);1,9H,5-8H2,2-3H3;1-2,7H,3-6,8H2,(H,15,17). The molecule has 2 aromatic carbocycles. The number of ether oxygens (including phenoxy) is 2. The van der Waals surface area contributed by atoms with Crippen molar-refractivity contribution >= 4 is 111 Å². The first-order valence-electron chi connectivity index (χ1n) is 25.6. The maximum Gasteiger partial charge on any atom is 0.333 e. The van der Waals surface area contributed by atoms with Crippen LogP contribution in [0.15, 0.2) is 65.9 Å². The summed E-state index contributed by atoms with van der Waals surface area (Å²) in [6.07, 6.45) is 8.71. The third kappa shape index (κ3) is 14.7. The van der Waals surface area contributed by atoms with Gasteiger partial charge in [0.2, 0.25) is 41.8 Å². The third-order valence-electron chi connectivity index (χ3n) is 13.6. The molecule has 0 bridgehead atoms. The van der Waals surface area contributed by atoms with E-state index in [2.05, 4.69) is 65.9 Å². The lowest BCUT2D eigenvalue weighted by Gasteiger charge is -2.25. The molecule has 2 N–H and O–H groups in total. The summed E-state index contributed by atoms with van der Waals surface area (Å²) in [5.41, 5.74) is -0.798. The number of imidazole rings is 2. The van der Waals surface area contributed by atoms with Crippen molar-refractivity contribution in [1.29, 1.82) is 0 Å². The molecule has 81 heavy (non-hydrogen) atoms. The van der Waals surface area contributed by atoms with Crippen LogP contribution >= 0.6 is 45.8 Å². The maximum atomic E-state index is 13.0. The van der Waals surface area contributed by atoms with E-state index in [9.17, 15) is 45.6 Å². The van der Waals surface area contributed by atoms with Gasteiger partial charge < -0.3 is 29.2 Å². The van der Waals surface area contributed by atoms with Crippen LogP contribution in [0.25, 0.3) is 22.3 Å². The highest BCUT2D eigenvalue weighted by atomic mass is 127. The van der Waals surface area contributed by atoms with E-state index in [-0.39, 0.29) is 87.4 Å². The minimum absolute atomic E-state index is 0.00119. The number of rotatable bonds is 14. The highest BCUT2D eigenvalue weighted by Gasteiger charge is 2.35. The van der Waals surface area contributed by atoms with Crippen molar-refractivity contribution < 1.29 is 35.9 Å². The Labute approximate surface area is 489 Å². The summed E-state index contributed by atoms with van der Waals surface area (Å²) in [5, 5.41) is 6.31. The first-order valence-corrected chi connectivity index (χ1v) is 30.8. The summed E-state index contributed by atoms with van der Waals surface area (Å²) >= 11 is 14.4. The highest BCUT2D eigenvalue weighted by molar-refractivity contribution is 14.1. The van der Waals surface area contributed by atoms with Gasteiger partial charge in [-0.25, -0.2) is 26.4 Å². The zero-order valence-corrected chi connectivity index (χ0v) is 50.0. The van der Waals surface area contributed by atoms with E-state index in [0.29, 0.717) is 67.4 Å². The normalized spacial score (nSPS) is 15.9. The van der Waals surface area contributed by atoms with Crippen LogP contribution in [-0.2, 0) is 80.0 Å². The van der Waals surface area contributed by atoms with Crippen LogP contribution in [0.5, 0.6) is 0 Å². The maximum absolute atomic E-state index is 13.0. The molecule has 2 aliphatic carbocycles. The lowest BCUT2D eigenvalue weighted by molar-refractivity contribution is -0.119. The molecule has 432 valence electrons. The van der Waals surface area contributed by atoms with E-state index in [1.807, 2.05) is 17.0 Å². The van der Waals surface area contributed by atoms with Gasteiger partial charge in [-0.1, -0.05) is 41.0 Å². The molecular formula is C52H59Cl2IN12O12S2. The molecule has 2 amide bonds. The quantitative estimate of drug-likeness (QED) is 0.117. The number of anilines is 2. The fourth-order valence-corrected chi connectivity index (χ4v) is 13.4. The van der Waals surface area contributed by atoms with Crippen molar-refractivity contribution in [2.75, 3.05) is 87.8 Å². The summed E-state index contributed by atoms with van der Waals surface area (Å²) in [6.45, 7) is 5.96. The minimum atomic E-state index is -3.75. The van der Waals surface area contributed by atoms with E-state index >= 15 is 0 Å². The van der Waals surface area contributed by atoms with Crippen molar-refractivity contribution in [3.63, 3.8) is 0 Å². The largest absolute Gasteiger partial charge is 0.379 e. The highest BCUT2D eigenvalue weighted by Crippen LogP contribution is 2.33. The van der Waals surface area contributed by atoms with Gasteiger partial charge in [0.15, 0.2) is 22.3 Å². The molecule has 4 fully saturated rings. The van der Waals surface area contributed by atoms with Crippen molar-refractivity contribution in [3.05, 3.63) is 97.3 Å². The van der Waals surface area contributed by atoms with Crippen molar-refractivity contribution in [3.8, 4) is 24.2 Å². The number of terminal acetylenes is 1. The first-order chi connectivity index (χ1) is 38.5. The average molecular weight is 1310 g/mol. The third-order valence-corrected chi connectivity index (χ3v) is 19.1. The van der Waals surface area contributed by atoms with Crippen molar-refractivity contribution in [1.82, 2.24) is 47.2 Å². The van der Waals surface area contributed by atoms with Gasteiger partial charge in [-0.2, -0.15) is 9.97 Å². The predicted octanol–water partition coefficient (Wildman–Crippen LogP) is 2.06. The van der Waals surface area contributed by atoms with E-state index < -0.39 is 42.2 Å². The van der Waals surface area contributed by atoms with Gasteiger partial charge in [-0.15, -0.1) is 6.42 Å². The van der Waals surface area contributed by atoms with Crippen LogP contribution in [0, 0.1) is 39.6 Å². The summed E-state index contributed by atoms with van der Waals surface area (Å²) in [5.74, 6) is 8.12. The summed E-state index contributed by atoms with van der Waals surface area (Å²) in [7, 11) is -1.82. The molecule has 0 unspecified atom stereocenters. The Morgan fingerprint density at radius 2 is 1.07 bits per heavy atom. The lowest BCUT2D eigenvalue weighted by atomic mass is 10.2. The molecule has 29 heteroatoms. The van der Waals surface area contributed by atoms with E-state index in [1.165, 1.54) is 41.9 Å². The minimum Gasteiger partial charge on any atom is -0.379 e. The number of carbonyl (C=O) groups is 2. The van der Waals surface area contributed by atoms with Gasteiger partial charge >= 0.3 is 11.4 Å². The molecule has 24 nitrogen and oxygen atoms in total. The number of aryl methyl sites for hydroxylation is 2. The number of sulfone groups is 2. The SMILES string of the molecule is C#CCn1c(=O)n(C)c(=O)c2c1nc(S(=O)(=O)CC1CC1)n2C.Cn1c(=O)c2c(nc(S(=O)(=O)CC3CC3)n2C)n(CC#Cc2cc(NC(=O)CN3CCOCC3)ccc2Cl)c1=O.O=C(CN1CCOCC1)Nc1ccc(Cl)c(I)c1. The Morgan fingerprint density at radius 3 is 1.49 bits per heavy atom. The number of amides is 2. The second-order valence-corrected chi connectivity index (χ2v) is 25.7. The Kier molecular flexibility index (Phi) is 19.5. The van der Waals surface area contributed by atoms with Gasteiger partial charge in [0.25, 0.3) is 11.1 Å². The molecule has 10 rings (SSSR count). The molecular weight excluding hydrogens is 1250 g/mol. The van der Waals surface area contributed by atoms with Gasteiger partial charge in [0, 0.05) is 74.9 Å². The number of benzene rings is 2. The number of carbonyl (C=O) groups excluding carboxylic acids is 2.